The van der Waals surface area contributed by atoms with Crippen LogP contribution in [0.4, 0.5) is 11.4 Å². The number of hydrogen-bond donors (Lipinski definition) is 1. The zero-order valence-corrected chi connectivity index (χ0v) is 17.1. The molecule has 1 aromatic rings. The molecule has 1 heterocycles. The van der Waals surface area contributed by atoms with Gasteiger partial charge in [-0.25, -0.2) is 0 Å². The Morgan fingerprint density at radius 2 is 1.86 bits per heavy atom. The Labute approximate surface area is 169 Å². The molecule has 1 aliphatic heterocycles. The van der Waals surface area contributed by atoms with E-state index in [9.17, 15) is 24.5 Å². The molecule has 1 saturated heterocycles. The number of piperidine rings is 1. The van der Waals surface area contributed by atoms with Crippen LogP contribution in [0.25, 0.3) is 0 Å². The van der Waals surface area contributed by atoms with E-state index in [0.717, 1.165) is 0 Å². The van der Waals surface area contributed by atoms with Gasteiger partial charge in [-0.2, -0.15) is 0 Å². The summed E-state index contributed by atoms with van der Waals surface area (Å²) in [6.45, 7) is 7.98. The van der Waals surface area contributed by atoms with E-state index in [-0.39, 0.29) is 23.2 Å². The van der Waals surface area contributed by atoms with Gasteiger partial charge in [-0.05, 0) is 25.8 Å². The summed E-state index contributed by atoms with van der Waals surface area (Å²) in [5.41, 5.74) is -0.364. The van der Waals surface area contributed by atoms with Gasteiger partial charge in [0.2, 0.25) is 5.91 Å². The second-order valence-electron chi connectivity index (χ2n) is 8.19. The van der Waals surface area contributed by atoms with E-state index < -0.39 is 28.3 Å². The van der Waals surface area contributed by atoms with Gasteiger partial charge < -0.3 is 15.0 Å². The fourth-order valence-electron chi connectivity index (χ4n) is 3.06. The third kappa shape index (κ3) is 6.00. The van der Waals surface area contributed by atoms with Gasteiger partial charge in [-0.3, -0.25) is 24.5 Å². The van der Waals surface area contributed by atoms with Crippen LogP contribution < -0.4 is 5.32 Å². The largest absolute Gasteiger partial charge is 0.452 e. The minimum Gasteiger partial charge on any atom is -0.452 e. The molecule has 0 unspecified atom stereocenters. The first-order chi connectivity index (χ1) is 13.5. The van der Waals surface area contributed by atoms with Gasteiger partial charge in [0.1, 0.15) is 0 Å². The van der Waals surface area contributed by atoms with Crippen molar-refractivity contribution in [1.82, 2.24) is 4.90 Å². The van der Waals surface area contributed by atoms with E-state index >= 15 is 0 Å². The molecule has 0 bridgehead atoms. The summed E-state index contributed by atoms with van der Waals surface area (Å²) in [7, 11) is 0. The Morgan fingerprint density at radius 1 is 1.24 bits per heavy atom. The molecule has 0 spiro atoms. The summed E-state index contributed by atoms with van der Waals surface area (Å²) in [6.07, 6.45) is -0.0734. The zero-order valence-electron chi connectivity index (χ0n) is 17.1. The molecule has 0 saturated carbocycles. The molecule has 0 radical (unpaired) electrons. The van der Waals surface area contributed by atoms with Crippen molar-refractivity contribution in [3.8, 4) is 0 Å². The van der Waals surface area contributed by atoms with Crippen molar-refractivity contribution in [2.75, 3.05) is 18.4 Å². The lowest BCUT2D eigenvalue weighted by molar-refractivity contribution is -0.384. The van der Waals surface area contributed by atoms with E-state index in [1.54, 1.807) is 4.90 Å². The third-order valence-electron chi connectivity index (χ3n) is 4.74. The summed E-state index contributed by atoms with van der Waals surface area (Å²) in [4.78, 5) is 49.0. The van der Waals surface area contributed by atoms with Gasteiger partial charge in [0.25, 0.3) is 11.6 Å². The van der Waals surface area contributed by atoms with Crippen LogP contribution >= 0.6 is 0 Å². The molecule has 2 rings (SSSR count). The molecule has 9 heteroatoms. The number of nitrogens with one attached hydrogen (secondary N) is 1. The predicted molar refractivity (Wildman–Crippen MR) is 106 cm³/mol. The van der Waals surface area contributed by atoms with Crippen LogP contribution in [0, 0.1) is 21.4 Å². The highest BCUT2D eigenvalue weighted by atomic mass is 16.6. The normalized spacial score (nSPS) is 16.1. The van der Waals surface area contributed by atoms with Gasteiger partial charge in [-0.15, -0.1) is 0 Å². The number of benzene rings is 1. The molecule has 0 aromatic heterocycles. The SMILES string of the molecule is C[C@@H](OC(=O)C1CCN(C(=O)C(C)(C)C)CC1)C(=O)Nc1cccc([N+](=O)[O-])c1. The second kappa shape index (κ2) is 9.02. The first-order valence-corrected chi connectivity index (χ1v) is 9.54. The van der Waals surface area contributed by atoms with Crippen LogP contribution in [-0.2, 0) is 19.1 Å². The van der Waals surface area contributed by atoms with Gasteiger partial charge in [0, 0.05) is 36.3 Å². The molecule has 1 aliphatic rings. The highest BCUT2D eigenvalue weighted by molar-refractivity contribution is 5.95. The summed E-state index contributed by atoms with van der Waals surface area (Å²) >= 11 is 0. The van der Waals surface area contributed by atoms with E-state index in [1.165, 1.54) is 31.2 Å². The summed E-state index contributed by atoms with van der Waals surface area (Å²) < 4.78 is 5.28. The maximum absolute atomic E-state index is 12.4. The molecule has 2 amide bonds. The highest BCUT2D eigenvalue weighted by Gasteiger charge is 2.34. The van der Waals surface area contributed by atoms with Crippen molar-refractivity contribution in [2.24, 2.45) is 11.3 Å². The lowest BCUT2D eigenvalue weighted by atomic mass is 9.91. The van der Waals surface area contributed by atoms with Crippen molar-refractivity contribution in [3.63, 3.8) is 0 Å². The third-order valence-corrected chi connectivity index (χ3v) is 4.74. The van der Waals surface area contributed by atoms with E-state index in [2.05, 4.69) is 5.32 Å². The quantitative estimate of drug-likeness (QED) is 0.457. The molecule has 0 aliphatic carbocycles. The van der Waals surface area contributed by atoms with Crippen molar-refractivity contribution in [3.05, 3.63) is 34.4 Å². The number of esters is 1. The Kier molecular flexibility index (Phi) is 6.94. The number of carbonyl (C=O) groups is 3. The molecule has 1 atom stereocenters. The lowest BCUT2D eigenvalue weighted by Crippen LogP contribution is -2.45. The Hall–Kier alpha value is -2.97. The number of amides is 2. The number of carbonyl (C=O) groups excluding carboxylic acids is 3. The van der Waals surface area contributed by atoms with Gasteiger partial charge in [0.15, 0.2) is 6.10 Å². The van der Waals surface area contributed by atoms with E-state index in [4.69, 9.17) is 4.74 Å². The molecule has 158 valence electrons. The van der Waals surface area contributed by atoms with Crippen molar-refractivity contribution >= 4 is 29.2 Å². The molecular formula is C20H27N3O6. The van der Waals surface area contributed by atoms with Crippen LogP contribution in [0.15, 0.2) is 24.3 Å². The second-order valence-corrected chi connectivity index (χ2v) is 8.19. The number of non-ortho nitro benzene ring substituents is 1. The standard InChI is InChI=1S/C20H27N3O6/c1-13(17(24)21-15-6-5-7-16(12-15)23(27)28)29-18(25)14-8-10-22(11-9-14)19(26)20(2,3)4/h5-7,12-14H,8-11H2,1-4H3,(H,21,24)/t13-/m1/s1. The Balaban J connectivity index is 1.86. The molecule has 1 aromatic carbocycles. The van der Waals surface area contributed by atoms with Crippen LogP contribution in [0.3, 0.4) is 0 Å². The number of rotatable bonds is 5. The summed E-state index contributed by atoms with van der Waals surface area (Å²) in [6, 6.07) is 5.52. The number of hydrogen-bond acceptors (Lipinski definition) is 6. The fraction of sp³-hybridized carbons (Fsp3) is 0.550. The average molecular weight is 405 g/mol. The molecule has 9 nitrogen and oxygen atoms in total. The van der Waals surface area contributed by atoms with Crippen LogP contribution in [-0.4, -0.2) is 46.8 Å². The number of ether oxygens (including phenoxy) is 1. The smallest absolute Gasteiger partial charge is 0.309 e. The van der Waals surface area contributed by atoms with Crippen LogP contribution in [0.2, 0.25) is 0 Å². The maximum Gasteiger partial charge on any atom is 0.309 e. The first kappa shape index (κ1) is 22.3. The highest BCUT2D eigenvalue weighted by Crippen LogP contribution is 2.25. The molecule has 1 N–H and O–H groups in total. The average Bonchev–Trinajstić information content (AvgIpc) is 2.66. The predicted octanol–water partition coefficient (Wildman–Crippen LogP) is 2.75. The van der Waals surface area contributed by atoms with Gasteiger partial charge in [0.05, 0.1) is 10.8 Å². The van der Waals surface area contributed by atoms with Crippen LogP contribution in [0.5, 0.6) is 0 Å². The maximum atomic E-state index is 12.4. The molecule has 1 fully saturated rings. The van der Waals surface area contributed by atoms with Crippen LogP contribution in [0.1, 0.15) is 40.5 Å². The van der Waals surface area contributed by atoms with Crippen molar-refractivity contribution in [1.29, 1.82) is 0 Å². The zero-order chi connectivity index (χ0) is 21.8. The van der Waals surface area contributed by atoms with Gasteiger partial charge >= 0.3 is 5.97 Å². The van der Waals surface area contributed by atoms with Crippen molar-refractivity contribution < 1.29 is 24.0 Å². The molecular weight excluding hydrogens is 378 g/mol. The minimum atomic E-state index is -1.05. The van der Waals surface area contributed by atoms with E-state index in [0.29, 0.717) is 25.9 Å². The lowest BCUT2D eigenvalue weighted by Gasteiger charge is -2.35. The first-order valence-electron chi connectivity index (χ1n) is 9.54. The monoisotopic (exact) mass is 405 g/mol. The fourth-order valence-corrected chi connectivity index (χ4v) is 3.06. The molecule has 29 heavy (non-hydrogen) atoms. The van der Waals surface area contributed by atoms with Gasteiger partial charge in [-0.1, -0.05) is 26.8 Å². The minimum absolute atomic E-state index is 0.0500. The summed E-state index contributed by atoms with van der Waals surface area (Å²) in [5.74, 6) is -1.37. The number of nitrogens with zero attached hydrogens (tertiary/aromatic N) is 2. The topological polar surface area (TPSA) is 119 Å². The summed E-state index contributed by atoms with van der Waals surface area (Å²) in [5, 5.41) is 13.3. The Bertz CT molecular complexity index is 794. The number of nitro groups is 1. The van der Waals surface area contributed by atoms with Crippen molar-refractivity contribution in [2.45, 2.75) is 46.6 Å². The Morgan fingerprint density at radius 3 is 2.41 bits per heavy atom. The van der Waals surface area contributed by atoms with E-state index in [1.807, 2.05) is 20.8 Å². The number of likely N-dealkylation sites (tertiary alicyclic amines) is 1. The number of nitro benzene ring substituents is 1. The number of anilines is 1.